The Balaban J connectivity index is 2.22. The van der Waals surface area contributed by atoms with Crippen molar-refractivity contribution in [1.29, 1.82) is 0 Å². The Hall–Kier alpha value is -0.155. The molecule has 0 aromatic rings. The Labute approximate surface area is 58.0 Å². The normalized spacial score (nSPS) is 25.9. The molecule has 0 amide bonds. The van der Waals surface area contributed by atoms with Gasteiger partial charge in [-0.15, -0.1) is 0 Å². The van der Waals surface area contributed by atoms with E-state index in [1.807, 2.05) is 0 Å². The lowest BCUT2D eigenvalue weighted by molar-refractivity contribution is 0.152. The van der Waals surface area contributed by atoms with Crippen LogP contribution in [0.25, 0.3) is 0 Å². The zero-order valence-corrected chi connectivity index (χ0v) is 5.56. The molecule has 1 aliphatic heterocycles. The molecule has 1 saturated heterocycles. The first kappa shape index (κ1) is 6.96. The van der Waals surface area contributed by atoms with Gasteiger partial charge in [0.25, 0.3) is 7.48 Å². The molecule has 0 saturated carbocycles. The first-order valence-electron chi connectivity index (χ1n) is 2.62. The molecule has 0 bridgehead atoms. The van der Waals surface area contributed by atoms with E-state index in [4.69, 9.17) is 9.76 Å². The second-order valence-electron chi connectivity index (χ2n) is 1.72. The van der Waals surface area contributed by atoms with Crippen molar-refractivity contribution in [2.45, 2.75) is 12.4 Å². The maximum atomic E-state index is 10.4. The van der Waals surface area contributed by atoms with E-state index in [0.29, 0.717) is 12.1 Å². The van der Waals surface area contributed by atoms with Gasteiger partial charge in [0.1, 0.15) is 6.10 Å². The number of cyclic esters (lactones) is 1. The monoisotopic (exact) mass is 145 g/mol. The Bertz CT molecular complexity index is 118. The van der Waals surface area contributed by atoms with Crippen LogP contribution in [0.2, 0.25) is 6.32 Å². The van der Waals surface area contributed by atoms with Gasteiger partial charge in [-0.05, 0) is 18.1 Å². The Morgan fingerprint density at radius 1 is 2.00 bits per heavy atom. The lowest BCUT2D eigenvalue weighted by Gasteiger charge is -2.01. The summed E-state index contributed by atoms with van der Waals surface area (Å²) >= 11 is 1.15. The number of ether oxygens (including phenoxy) is 1. The molecule has 1 fully saturated rings. The number of hydrogen-bond acceptors (Lipinski definition) is 4. The van der Waals surface area contributed by atoms with Crippen LogP contribution in [-0.4, -0.2) is 29.7 Å². The largest absolute Gasteiger partial charge is 0.454 e. The lowest BCUT2D eigenvalue weighted by atomic mass is 9.92. The maximum absolute atomic E-state index is 10.4. The summed E-state index contributed by atoms with van der Waals surface area (Å²) in [5, 5.41) is 8.05. The van der Waals surface area contributed by atoms with E-state index in [2.05, 4.69) is 0 Å². The van der Waals surface area contributed by atoms with E-state index >= 15 is 0 Å². The van der Waals surface area contributed by atoms with E-state index in [-0.39, 0.29) is 11.4 Å². The minimum atomic E-state index is -0.234. The van der Waals surface area contributed by atoms with Crippen molar-refractivity contribution < 1.29 is 14.6 Å². The number of thioether (sulfide) groups is 1. The molecule has 0 aliphatic carbocycles. The van der Waals surface area contributed by atoms with Crippen LogP contribution in [-0.2, 0) is 4.74 Å². The van der Waals surface area contributed by atoms with Crippen molar-refractivity contribution in [3.8, 4) is 0 Å². The number of hydrogen-bond donors (Lipinski definition) is 1. The summed E-state index contributed by atoms with van der Waals surface area (Å²) in [6.45, 7) is 0. The van der Waals surface area contributed by atoms with Gasteiger partial charge in [-0.2, -0.15) is 0 Å². The maximum Gasteiger partial charge on any atom is 0.367 e. The lowest BCUT2D eigenvalue weighted by Crippen LogP contribution is -2.11. The molecule has 1 atom stereocenters. The third-order valence-corrected chi connectivity index (χ3v) is 1.89. The minimum absolute atomic E-state index is 0.104. The predicted octanol–water partition coefficient (Wildman–Crippen LogP) is 0.268. The summed E-state index contributed by atoms with van der Waals surface area (Å²) in [7, 11) is 1.02. The van der Waals surface area contributed by atoms with Crippen LogP contribution in [0, 0.1) is 0 Å². The van der Waals surface area contributed by atoms with Gasteiger partial charge in [0.2, 0.25) is 0 Å². The molecule has 0 aromatic heterocycles. The van der Waals surface area contributed by atoms with Crippen molar-refractivity contribution in [2.75, 3.05) is 5.75 Å². The summed E-state index contributed by atoms with van der Waals surface area (Å²) in [6.07, 6.45) is 0.339. The van der Waals surface area contributed by atoms with Gasteiger partial charge in [0.05, 0.1) is 0 Å². The molecule has 1 rings (SSSR count). The molecule has 0 spiro atoms. The Morgan fingerprint density at radius 3 is 3.22 bits per heavy atom. The standard InChI is InChI=1S/C4H6BO3S/c6-4-8-3(1-5-7)2-9-4/h3,7H,1-2H2. The molecular weight excluding hydrogens is 139 g/mol. The second kappa shape index (κ2) is 3.13. The molecule has 1 unspecified atom stereocenters. The number of carbonyl (C=O) groups excluding carboxylic acids is 1. The van der Waals surface area contributed by atoms with E-state index in [9.17, 15) is 4.79 Å². The predicted molar refractivity (Wildman–Crippen MR) is 35.5 cm³/mol. The SMILES string of the molecule is O=C1OC(C[B]O)CS1. The van der Waals surface area contributed by atoms with Crippen molar-refractivity contribution in [3.05, 3.63) is 0 Å². The zero-order valence-electron chi connectivity index (χ0n) is 4.74. The van der Waals surface area contributed by atoms with Crippen molar-refractivity contribution in [2.24, 2.45) is 0 Å². The molecular formula is C4H6BO3S. The van der Waals surface area contributed by atoms with Crippen LogP contribution in [0.3, 0.4) is 0 Å². The van der Waals surface area contributed by atoms with Gasteiger partial charge in [0.15, 0.2) is 0 Å². The van der Waals surface area contributed by atoms with Crippen LogP contribution in [0.5, 0.6) is 0 Å². The molecule has 3 nitrogen and oxygen atoms in total. The van der Waals surface area contributed by atoms with Crippen LogP contribution in [0.4, 0.5) is 4.79 Å². The molecule has 0 aromatic carbocycles. The fourth-order valence-corrected chi connectivity index (χ4v) is 1.33. The summed E-state index contributed by atoms with van der Waals surface area (Å²) in [4.78, 5) is 10.4. The third kappa shape index (κ3) is 1.91. The van der Waals surface area contributed by atoms with Gasteiger partial charge >= 0.3 is 5.30 Å². The van der Waals surface area contributed by atoms with Crippen LogP contribution >= 0.6 is 11.8 Å². The Kier molecular flexibility index (Phi) is 2.42. The number of rotatable bonds is 2. The summed E-state index contributed by atoms with van der Waals surface area (Å²) < 4.78 is 4.73. The average molecular weight is 145 g/mol. The fraction of sp³-hybridized carbons (Fsp3) is 0.750. The molecule has 1 aliphatic rings. The van der Waals surface area contributed by atoms with Crippen molar-refractivity contribution in [1.82, 2.24) is 0 Å². The fourth-order valence-electron chi connectivity index (χ4n) is 0.599. The smallest absolute Gasteiger partial charge is 0.367 e. The highest BCUT2D eigenvalue weighted by molar-refractivity contribution is 8.13. The van der Waals surface area contributed by atoms with E-state index in [1.54, 1.807) is 0 Å². The van der Waals surface area contributed by atoms with Gasteiger partial charge in [-0.1, -0.05) is 0 Å². The topological polar surface area (TPSA) is 46.5 Å². The zero-order chi connectivity index (χ0) is 6.69. The van der Waals surface area contributed by atoms with E-state index in [1.165, 1.54) is 0 Å². The quantitative estimate of drug-likeness (QED) is 0.447. The highest BCUT2D eigenvalue weighted by Gasteiger charge is 2.23. The minimum Gasteiger partial charge on any atom is -0.454 e. The van der Waals surface area contributed by atoms with E-state index < -0.39 is 0 Å². The van der Waals surface area contributed by atoms with Crippen LogP contribution < -0.4 is 0 Å². The van der Waals surface area contributed by atoms with E-state index in [0.717, 1.165) is 19.2 Å². The second-order valence-corrected chi connectivity index (χ2v) is 2.67. The van der Waals surface area contributed by atoms with Crippen LogP contribution in [0.15, 0.2) is 0 Å². The van der Waals surface area contributed by atoms with Gasteiger partial charge in [0, 0.05) is 5.75 Å². The molecule has 49 valence electrons. The van der Waals surface area contributed by atoms with Crippen molar-refractivity contribution >= 4 is 24.5 Å². The van der Waals surface area contributed by atoms with Gasteiger partial charge in [-0.3, -0.25) is 0 Å². The first-order chi connectivity index (χ1) is 4.33. The average Bonchev–Trinajstić information content (AvgIpc) is 2.17. The van der Waals surface area contributed by atoms with Crippen molar-refractivity contribution in [3.63, 3.8) is 0 Å². The highest BCUT2D eigenvalue weighted by Crippen LogP contribution is 2.21. The molecule has 5 heteroatoms. The van der Waals surface area contributed by atoms with Gasteiger partial charge < -0.3 is 9.76 Å². The summed E-state index contributed by atoms with van der Waals surface area (Å²) in [5.41, 5.74) is 0. The number of carbonyl (C=O) groups is 1. The molecule has 9 heavy (non-hydrogen) atoms. The summed E-state index contributed by atoms with van der Waals surface area (Å²) in [5.74, 6) is 0.663. The highest BCUT2D eigenvalue weighted by atomic mass is 32.2. The summed E-state index contributed by atoms with van der Waals surface area (Å²) in [6, 6.07) is 0. The van der Waals surface area contributed by atoms with Crippen LogP contribution in [0.1, 0.15) is 0 Å². The Morgan fingerprint density at radius 2 is 2.78 bits per heavy atom. The molecule has 1 N–H and O–H groups in total. The third-order valence-electron chi connectivity index (χ3n) is 1.02. The first-order valence-corrected chi connectivity index (χ1v) is 3.61. The van der Waals surface area contributed by atoms with Gasteiger partial charge in [-0.25, -0.2) is 4.79 Å². The molecule has 1 heterocycles. The molecule has 1 radical (unpaired) electrons.